The molecule has 0 radical (unpaired) electrons. The van der Waals surface area contributed by atoms with Crippen LogP contribution in [0.1, 0.15) is 18.2 Å². The van der Waals surface area contributed by atoms with Crippen LogP contribution in [0, 0.1) is 10.1 Å². The van der Waals surface area contributed by atoms with Crippen molar-refractivity contribution >= 4 is 5.69 Å². The molecule has 7 nitrogen and oxygen atoms in total. The number of nitro benzene ring substituents is 1. The summed E-state index contributed by atoms with van der Waals surface area (Å²) in [5.74, 6) is 0. The Balaban J connectivity index is 2.13. The Bertz CT molecular complexity index is 567. The van der Waals surface area contributed by atoms with Crippen molar-refractivity contribution in [3.05, 3.63) is 51.8 Å². The predicted molar refractivity (Wildman–Crippen MR) is 69.6 cm³/mol. The van der Waals surface area contributed by atoms with Crippen LogP contribution in [0.15, 0.2) is 30.5 Å². The van der Waals surface area contributed by atoms with Crippen molar-refractivity contribution in [2.75, 3.05) is 6.54 Å². The van der Waals surface area contributed by atoms with Gasteiger partial charge >= 0.3 is 0 Å². The number of para-hydroxylation sites is 1. The first-order valence-corrected chi connectivity index (χ1v) is 6.02. The molecule has 1 heterocycles. The summed E-state index contributed by atoms with van der Waals surface area (Å²) in [6.07, 6.45) is 1.79. The van der Waals surface area contributed by atoms with Crippen molar-refractivity contribution < 1.29 is 4.92 Å². The lowest BCUT2D eigenvalue weighted by molar-refractivity contribution is -0.385. The maximum absolute atomic E-state index is 10.9. The van der Waals surface area contributed by atoms with Gasteiger partial charge in [0.25, 0.3) is 5.69 Å². The number of nitrogens with one attached hydrogen (secondary N) is 1. The monoisotopic (exact) mass is 261 g/mol. The predicted octanol–water partition coefficient (Wildman–Crippen LogP) is 1.34. The van der Waals surface area contributed by atoms with Gasteiger partial charge in [-0.3, -0.25) is 10.1 Å². The zero-order valence-corrected chi connectivity index (χ0v) is 10.6. The maximum Gasteiger partial charge on any atom is 0.274 e. The molecule has 0 saturated heterocycles. The molecular weight excluding hydrogens is 246 g/mol. The van der Waals surface area contributed by atoms with E-state index in [1.165, 1.54) is 6.07 Å². The lowest BCUT2D eigenvalue weighted by atomic mass is 10.2. The van der Waals surface area contributed by atoms with E-state index >= 15 is 0 Å². The molecule has 2 rings (SSSR count). The zero-order chi connectivity index (χ0) is 13.7. The van der Waals surface area contributed by atoms with Crippen LogP contribution in [0.25, 0.3) is 0 Å². The van der Waals surface area contributed by atoms with Crippen molar-refractivity contribution in [3.63, 3.8) is 0 Å². The summed E-state index contributed by atoms with van der Waals surface area (Å²) in [5, 5.41) is 22.0. The molecule has 1 aromatic heterocycles. The summed E-state index contributed by atoms with van der Waals surface area (Å²) in [7, 11) is 0. The molecule has 0 bridgehead atoms. The normalized spacial score (nSPS) is 10.6. The summed E-state index contributed by atoms with van der Waals surface area (Å²) in [4.78, 5) is 10.5. The van der Waals surface area contributed by atoms with E-state index in [1.807, 2.05) is 6.92 Å². The van der Waals surface area contributed by atoms with Crippen LogP contribution < -0.4 is 5.32 Å². The van der Waals surface area contributed by atoms with Crippen LogP contribution in [-0.2, 0) is 13.1 Å². The first-order valence-electron chi connectivity index (χ1n) is 6.02. The van der Waals surface area contributed by atoms with E-state index < -0.39 is 0 Å². The number of hydrogen-bond acceptors (Lipinski definition) is 5. The maximum atomic E-state index is 10.9. The Labute approximate surface area is 110 Å². The summed E-state index contributed by atoms with van der Waals surface area (Å²) in [5.41, 5.74) is 1.54. The molecule has 100 valence electrons. The van der Waals surface area contributed by atoms with Gasteiger partial charge in [-0.2, -0.15) is 0 Å². The Kier molecular flexibility index (Phi) is 4.19. The molecule has 2 aromatic rings. The van der Waals surface area contributed by atoms with E-state index in [9.17, 15) is 10.1 Å². The van der Waals surface area contributed by atoms with Gasteiger partial charge in [0, 0.05) is 12.6 Å². The van der Waals surface area contributed by atoms with E-state index in [-0.39, 0.29) is 10.6 Å². The second kappa shape index (κ2) is 6.05. The smallest absolute Gasteiger partial charge is 0.274 e. The minimum absolute atomic E-state index is 0.103. The SMILES string of the molecule is CCNCc1cn(Cc2ccccc2[N+](=O)[O-])nn1. The van der Waals surface area contributed by atoms with Crippen molar-refractivity contribution in [3.8, 4) is 0 Å². The Morgan fingerprint density at radius 2 is 2.21 bits per heavy atom. The summed E-state index contributed by atoms with van der Waals surface area (Å²) >= 11 is 0. The van der Waals surface area contributed by atoms with Crippen LogP contribution in [-0.4, -0.2) is 26.5 Å². The van der Waals surface area contributed by atoms with E-state index in [4.69, 9.17) is 0 Å². The van der Waals surface area contributed by atoms with Crippen LogP contribution in [0.4, 0.5) is 5.69 Å². The van der Waals surface area contributed by atoms with Crippen molar-refractivity contribution in [2.24, 2.45) is 0 Å². The van der Waals surface area contributed by atoms with Gasteiger partial charge in [-0.1, -0.05) is 30.3 Å². The minimum Gasteiger partial charge on any atom is -0.311 e. The topological polar surface area (TPSA) is 85.9 Å². The molecular formula is C12H15N5O2. The molecule has 0 fully saturated rings. The standard InChI is InChI=1S/C12H15N5O2/c1-2-13-7-11-9-16(15-14-11)8-10-5-3-4-6-12(10)17(18)19/h3-6,9,13H,2,7-8H2,1H3. The molecule has 1 aromatic carbocycles. The molecule has 0 saturated carbocycles. The molecule has 19 heavy (non-hydrogen) atoms. The van der Waals surface area contributed by atoms with Gasteiger partial charge in [-0.05, 0) is 6.54 Å². The number of hydrogen-bond donors (Lipinski definition) is 1. The minimum atomic E-state index is -0.383. The average Bonchev–Trinajstić information content (AvgIpc) is 2.84. The van der Waals surface area contributed by atoms with Gasteiger partial charge in [0.2, 0.25) is 0 Å². The molecule has 1 N–H and O–H groups in total. The fourth-order valence-corrected chi connectivity index (χ4v) is 1.75. The Hall–Kier alpha value is -2.28. The second-order valence-electron chi connectivity index (χ2n) is 4.07. The number of nitro groups is 1. The van der Waals surface area contributed by atoms with Gasteiger partial charge in [0.05, 0.1) is 28.9 Å². The van der Waals surface area contributed by atoms with E-state index in [1.54, 1.807) is 29.1 Å². The third-order valence-electron chi connectivity index (χ3n) is 2.66. The average molecular weight is 261 g/mol. The highest BCUT2D eigenvalue weighted by molar-refractivity contribution is 5.39. The molecule has 0 unspecified atom stereocenters. The summed E-state index contributed by atoms with van der Waals surface area (Å²) in [6, 6.07) is 6.65. The highest BCUT2D eigenvalue weighted by Crippen LogP contribution is 2.18. The molecule has 0 atom stereocenters. The van der Waals surface area contributed by atoms with Gasteiger partial charge in [0.15, 0.2) is 0 Å². The molecule has 7 heteroatoms. The summed E-state index contributed by atoms with van der Waals surface area (Å²) in [6.45, 7) is 3.86. The molecule has 0 aliphatic rings. The van der Waals surface area contributed by atoms with Crippen LogP contribution in [0.5, 0.6) is 0 Å². The van der Waals surface area contributed by atoms with Gasteiger partial charge in [-0.25, -0.2) is 4.68 Å². The molecule has 0 spiro atoms. The zero-order valence-electron chi connectivity index (χ0n) is 10.6. The molecule has 0 aliphatic heterocycles. The number of rotatable bonds is 6. The van der Waals surface area contributed by atoms with Gasteiger partial charge < -0.3 is 5.32 Å². The first-order chi connectivity index (χ1) is 9.20. The highest BCUT2D eigenvalue weighted by Gasteiger charge is 2.13. The first kappa shape index (κ1) is 13.2. The van der Waals surface area contributed by atoms with Gasteiger partial charge in [0.1, 0.15) is 0 Å². The quantitative estimate of drug-likeness (QED) is 0.626. The number of nitrogens with zero attached hydrogens (tertiary/aromatic N) is 4. The van der Waals surface area contributed by atoms with Crippen LogP contribution in [0.3, 0.4) is 0 Å². The highest BCUT2D eigenvalue weighted by atomic mass is 16.6. The lowest BCUT2D eigenvalue weighted by Crippen LogP contribution is -2.11. The van der Waals surface area contributed by atoms with E-state index in [2.05, 4.69) is 15.6 Å². The van der Waals surface area contributed by atoms with Crippen LogP contribution >= 0.6 is 0 Å². The third kappa shape index (κ3) is 3.35. The molecule has 0 aliphatic carbocycles. The third-order valence-corrected chi connectivity index (χ3v) is 2.66. The van der Waals surface area contributed by atoms with Crippen molar-refractivity contribution in [1.29, 1.82) is 0 Å². The Morgan fingerprint density at radius 1 is 1.42 bits per heavy atom. The fourth-order valence-electron chi connectivity index (χ4n) is 1.75. The lowest BCUT2D eigenvalue weighted by Gasteiger charge is -2.02. The van der Waals surface area contributed by atoms with E-state index in [0.717, 1.165) is 12.2 Å². The molecule has 0 amide bonds. The van der Waals surface area contributed by atoms with Gasteiger partial charge in [-0.15, -0.1) is 5.10 Å². The van der Waals surface area contributed by atoms with Crippen molar-refractivity contribution in [2.45, 2.75) is 20.0 Å². The number of benzene rings is 1. The van der Waals surface area contributed by atoms with Crippen LogP contribution in [0.2, 0.25) is 0 Å². The second-order valence-corrected chi connectivity index (χ2v) is 4.07. The van der Waals surface area contributed by atoms with Crippen molar-refractivity contribution in [1.82, 2.24) is 20.3 Å². The fraction of sp³-hybridized carbons (Fsp3) is 0.333. The number of aromatic nitrogens is 3. The Morgan fingerprint density at radius 3 is 2.95 bits per heavy atom. The summed E-state index contributed by atoms with van der Waals surface area (Å²) < 4.78 is 1.61. The largest absolute Gasteiger partial charge is 0.311 e. The van der Waals surface area contributed by atoms with E-state index in [0.29, 0.717) is 18.7 Å².